The van der Waals surface area contributed by atoms with E-state index in [0.29, 0.717) is 5.56 Å². The Morgan fingerprint density at radius 3 is 2.74 bits per heavy atom. The van der Waals surface area contributed by atoms with Crippen molar-refractivity contribution < 1.29 is 19.1 Å². The number of carbonyl (C=O) groups excluding carboxylic acids is 2. The predicted molar refractivity (Wildman–Crippen MR) is 67.1 cm³/mol. The summed E-state index contributed by atoms with van der Waals surface area (Å²) in [6.45, 7) is -0.0174. The zero-order chi connectivity index (χ0) is 13.7. The van der Waals surface area contributed by atoms with Gasteiger partial charge in [0.25, 0.3) is 0 Å². The van der Waals surface area contributed by atoms with Gasteiger partial charge in [-0.1, -0.05) is 12.8 Å². The lowest BCUT2D eigenvalue weighted by Crippen LogP contribution is -2.44. The molecule has 0 saturated heterocycles. The molecule has 1 aliphatic rings. The number of furan rings is 1. The van der Waals surface area contributed by atoms with E-state index in [-0.39, 0.29) is 12.6 Å². The summed E-state index contributed by atoms with van der Waals surface area (Å²) in [7, 11) is 0. The van der Waals surface area contributed by atoms with Crippen molar-refractivity contribution >= 4 is 11.8 Å². The summed E-state index contributed by atoms with van der Waals surface area (Å²) in [6.07, 6.45) is 6.00. The summed E-state index contributed by atoms with van der Waals surface area (Å²) in [5.74, 6) is -1.35. The molecule has 1 aromatic heterocycles. The largest absolute Gasteiger partial charge is 0.472 e. The van der Waals surface area contributed by atoms with E-state index in [4.69, 9.17) is 4.42 Å². The summed E-state index contributed by atoms with van der Waals surface area (Å²) < 4.78 is 4.83. The van der Waals surface area contributed by atoms with Gasteiger partial charge in [0.1, 0.15) is 0 Å². The van der Waals surface area contributed by atoms with E-state index >= 15 is 0 Å². The minimum absolute atomic E-state index is 0.0174. The molecule has 6 nitrogen and oxygen atoms in total. The number of hydrogen-bond acceptors (Lipinski definition) is 4. The van der Waals surface area contributed by atoms with E-state index in [1.54, 1.807) is 6.07 Å². The predicted octanol–water partition coefficient (Wildman–Crippen LogP) is 0.488. The molecule has 0 spiro atoms. The smallest absolute Gasteiger partial charge is 0.309 e. The van der Waals surface area contributed by atoms with Crippen LogP contribution in [-0.4, -0.2) is 29.5 Å². The van der Waals surface area contributed by atoms with Gasteiger partial charge in [-0.2, -0.15) is 0 Å². The van der Waals surface area contributed by atoms with Crippen LogP contribution in [0, 0.1) is 0 Å². The van der Waals surface area contributed by atoms with Crippen LogP contribution in [0.3, 0.4) is 0 Å². The molecule has 0 aliphatic heterocycles. The Balaban J connectivity index is 1.72. The van der Waals surface area contributed by atoms with E-state index in [2.05, 4.69) is 10.6 Å². The number of nitrogens with one attached hydrogen (secondary N) is 2. The van der Waals surface area contributed by atoms with Crippen LogP contribution in [0.2, 0.25) is 0 Å². The van der Waals surface area contributed by atoms with Crippen LogP contribution >= 0.6 is 0 Å². The highest BCUT2D eigenvalue weighted by molar-refractivity contribution is 6.35. The zero-order valence-electron chi connectivity index (χ0n) is 10.6. The Kier molecular flexibility index (Phi) is 4.57. The number of hydrogen-bond donors (Lipinski definition) is 3. The van der Waals surface area contributed by atoms with Crippen molar-refractivity contribution in [3.05, 3.63) is 24.2 Å². The standard InChI is InChI=1S/C13H18N2O4/c16-11(9-5-6-19-8-9)7-14-12(17)13(18)15-10-3-1-2-4-10/h5-6,8,10-11,16H,1-4,7H2,(H,14,17)(H,15,18). The molecule has 1 saturated carbocycles. The highest BCUT2D eigenvalue weighted by Gasteiger charge is 2.21. The molecule has 1 aromatic rings. The van der Waals surface area contributed by atoms with Gasteiger partial charge in [0.15, 0.2) is 0 Å². The number of carbonyl (C=O) groups is 2. The van der Waals surface area contributed by atoms with Gasteiger partial charge in [-0.25, -0.2) is 0 Å². The molecule has 0 bridgehead atoms. The Labute approximate surface area is 111 Å². The molecule has 19 heavy (non-hydrogen) atoms. The Bertz CT molecular complexity index is 424. The average Bonchev–Trinajstić information content (AvgIpc) is 3.07. The Hall–Kier alpha value is -1.82. The van der Waals surface area contributed by atoms with E-state index < -0.39 is 17.9 Å². The van der Waals surface area contributed by atoms with Crippen LogP contribution in [0.15, 0.2) is 23.0 Å². The molecule has 104 valence electrons. The maximum atomic E-state index is 11.6. The fourth-order valence-electron chi connectivity index (χ4n) is 2.17. The number of amides is 2. The third-order valence-electron chi connectivity index (χ3n) is 3.28. The van der Waals surface area contributed by atoms with Crippen molar-refractivity contribution in [1.82, 2.24) is 10.6 Å². The van der Waals surface area contributed by atoms with Crippen LogP contribution in [0.1, 0.15) is 37.4 Å². The highest BCUT2D eigenvalue weighted by atomic mass is 16.3. The summed E-state index contributed by atoms with van der Waals surface area (Å²) in [5, 5.41) is 14.8. The molecule has 1 heterocycles. The first-order valence-electron chi connectivity index (χ1n) is 6.45. The van der Waals surface area contributed by atoms with Gasteiger partial charge in [-0.3, -0.25) is 9.59 Å². The van der Waals surface area contributed by atoms with Crippen molar-refractivity contribution in [1.29, 1.82) is 0 Å². The molecule has 2 rings (SSSR count). The topological polar surface area (TPSA) is 91.6 Å². The molecule has 1 atom stereocenters. The van der Waals surface area contributed by atoms with Crippen LogP contribution < -0.4 is 10.6 Å². The fourth-order valence-corrected chi connectivity index (χ4v) is 2.17. The first-order valence-corrected chi connectivity index (χ1v) is 6.45. The van der Waals surface area contributed by atoms with E-state index in [9.17, 15) is 14.7 Å². The summed E-state index contributed by atoms with van der Waals surface area (Å²) in [6, 6.07) is 1.71. The maximum absolute atomic E-state index is 11.6. The number of rotatable bonds is 4. The second-order valence-corrected chi connectivity index (χ2v) is 4.74. The lowest BCUT2D eigenvalue weighted by atomic mass is 10.2. The maximum Gasteiger partial charge on any atom is 0.309 e. The molecule has 1 fully saturated rings. The van der Waals surface area contributed by atoms with Gasteiger partial charge >= 0.3 is 11.8 Å². The second-order valence-electron chi connectivity index (χ2n) is 4.74. The monoisotopic (exact) mass is 266 g/mol. The third-order valence-corrected chi connectivity index (χ3v) is 3.28. The third kappa shape index (κ3) is 3.82. The van der Waals surface area contributed by atoms with Crippen LogP contribution in [0.4, 0.5) is 0 Å². The molecule has 0 radical (unpaired) electrons. The molecule has 3 N–H and O–H groups in total. The quantitative estimate of drug-likeness (QED) is 0.692. The summed E-state index contributed by atoms with van der Waals surface area (Å²) >= 11 is 0. The van der Waals surface area contributed by atoms with Crippen molar-refractivity contribution in [2.45, 2.75) is 37.8 Å². The minimum Gasteiger partial charge on any atom is -0.472 e. The molecule has 2 amide bonds. The Morgan fingerprint density at radius 2 is 2.11 bits per heavy atom. The van der Waals surface area contributed by atoms with E-state index in [1.165, 1.54) is 12.5 Å². The molecule has 6 heteroatoms. The summed E-state index contributed by atoms with van der Waals surface area (Å²) in [4.78, 5) is 23.1. The normalized spacial score (nSPS) is 17.1. The molecule has 1 unspecified atom stereocenters. The van der Waals surface area contributed by atoms with Crippen LogP contribution in [-0.2, 0) is 9.59 Å². The molecule has 1 aliphatic carbocycles. The van der Waals surface area contributed by atoms with Gasteiger partial charge in [-0.05, 0) is 18.9 Å². The zero-order valence-corrected chi connectivity index (χ0v) is 10.6. The first-order chi connectivity index (χ1) is 9.16. The molecule has 0 aromatic carbocycles. The Morgan fingerprint density at radius 1 is 1.37 bits per heavy atom. The highest BCUT2D eigenvalue weighted by Crippen LogP contribution is 2.17. The van der Waals surface area contributed by atoms with Crippen molar-refractivity contribution in [2.75, 3.05) is 6.54 Å². The van der Waals surface area contributed by atoms with Gasteiger partial charge < -0.3 is 20.2 Å². The second kappa shape index (κ2) is 6.38. The molecular formula is C13H18N2O4. The molecular weight excluding hydrogens is 248 g/mol. The fraction of sp³-hybridized carbons (Fsp3) is 0.538. The lowest BCUT2D eigenvalue weighted by Gasteiger charge is -2.13. The number of aliphatic hydroxyl groups is 1. The van der Waals surface area contributed by atoms with Gasteiger partial charge in [-0.15, -0.1) is 0 Å². The van der Waals surface area contributed by atoms with Crippen molar-refractivity contribution in [2.24, 2.45) is 0 Å². The van der Waals surface area contributed by atoms with Gasteiger partial charge in [0, 0.05) is 18.2 Å². The van der Waals surface area contributed by atoms with E-state index in [1.807, 2.05) is 0 Å². The minimum atomic E-state index is -0.873. The van der Waals surface area contributed by atoms with Gasteiger partial charge in [0.05, 0.1) is 18.6 Å². The summed E-state index contributed by atoms with van der Waals surface area (Å²) in [5.41, 5.74) is 0.566. The first kappa shape index (κ1) is 13.6. The van der Waals surface area contributed by atoms with Crippen LogP contribution in [0.25, 0.3) is 0 Å². The van der Waals surface area contributed by atoms with Crippen molar-refractivity contribution in [3.63, 3.8) is 0 Å². The van der Waals surface area contributed by atoms with Crippen LogP contribution in [0.5, 0.6) is 0 Å². The SMILES string of the molecule is O=C(NCC(O)c1ccoc1)C(=O)NC1CCCC1. The average molecular weight is 266 g/mol. The van der Waals surface area contributed by atoms with Gasteiger partial charge in [0.2, 0.25) is 0 Å². The lowest BCUT2D eigenvalue weighted by molar-refractivity contribution is -0.139. The number of aliphatic hydroxyl groups excluding tert-OH is 1. The van der Waals surface area contributed by atoms with E-state index in [0.717, 1.165) is 25.7 Å². The van der Waals surface area contributed by atoms with Crippen molar-refractivity contribution in [3.8, 4) is 0 Å².